The summed E-state index contributed by atoms with van der Waals surface area (Å²) in [6, 6.07) is 17.9. The van der Waals surface area contributed by atoms with Gasteiger partial charge in [0, 0.05) is 18.7 Å². The van der Waals surface area contributed by atoms with Crippen molar-refractivity contribution >= 4 is 28.2 Å². The molecule has 34 heavy (non-hydrogen) atoms. The SMILES string of the molecule is O=C1C(=O)N(CC2CCCO2)C(c2cccc3ccccc23)/C1=C(/O)c1ccc2c(c1)OCO2. The Bertz CT molecular complexity index is 1330. The third kappa shape index (κ3) is 3.31. The zero-order valence-corrected chi connectivity index (χ0v) is 18.4. The van der Waals surface area contributed by atoms with Crippen LogP contribution >= 0.6 is 0 Å². The van der Waals surface area contributed by atoms with Gasteiger partial charge < -0.3 is 24.2 Å². The molecule has 0 radical (unpaired) electrons. The van der Waals surface area contributed by atoms with Crippen LogP contribution in [0.4, 0.5) is 0 Å². The largest absolute Gasteiger partial charge is 0.507 e. The molecule has 1 N–H and O–H groups in total. The van der Waals surface area contributed by atoms with Crippen molar-refractivity contribution in [1.82, 2.24) is 4.90 Å². The maximum atomic E-state index is 13.4. The molecule has 0 spiro atoms. The minimum absolute atomic E-state index is 0.0678. The molecule has 6 rings (SSSR count). The van der Waals surface area contributed by atoms with Crippen molar-refractivity contribution in [2.24, 2.45) is 0 Å². The molecule has 2 fully saturated rings. The summed E-state index contributed by atoms with van der Waals surface area (Å²) in [5.41, 5.74) is 1.25. The van der Waals surface area contributed by atoms with Crippen LogP contribution in [0.5, 0.6) is 11.5 Å². The highest BCUT2D eigenvalue weighted by atomic mass is 16.7. The van der Waals surface area contributed by atoms with E-state index >= 15 is 0 Å². The second kappa shape index (κ2) is 8.18. The second-order valence-corrected chi connectivity index (χ2v) is 8.72. The van der Waals surface area contributed by atoms with Gasteiger partial charge in [-0.1, -0.05) is 42.5 Å². The number of ether oxygens (including phenoxy) is 3. The highest BCUT2D eigenvalue weighted by Crippen LogP contribution is 2.43. The van der Waals surface area contributed by atoms with Gasteiger partial charge in [-0.15, -0.1) is 0 Å². The van der Waals surface area contributed by atoms with E-state index < -0.39 is 17.7 Å². The Kier molecular flexibility index (Phi) is 4.99. The van der Waals surface area contributed by atoms with Gasteiger partial charge in [0.1, 0.15) is 5.76 Å². The number of ketones is 1. The van der Waals surface area contributed by atoms with E-state index in [-0.39, 0.29) is 30.8 Å². The van der Waals surface area contributed by atoms with Crippen LogP contribution in [0.25, 0.3) is 16.5 Å². The van der Waals surface area contributed by atoms with E-state index in [1.165, 1.54) is 0 Å². The first-order valence-corrected chi connectivity index (χ1v) is 11.4. The summed E-state index contributed by atoms with van der Waals surface area (Å²) in [6.07, 6.45) is 1.61. The fourth-order valence-corrected chi connectivity index (χ4v) is 5.09. The summed E-state index contributed by atoms with van der Waals surface area (Å²) in [7, 11) is 0. The molecule has 3 aromatic carbocycles. The Morgan fingerprint density at radius 3 is 2.68 bits per heavy atom. The Morgan fingerprint density at radius 2 is 1.82 bits per heavy atom. The van der Waals surface area contributed by atoms with E-state index in [9.17, 15) is 14.7 Å². The number of benzene rings is 3. The van der Waals surface area contributed by atoms with E-state index in [2.05, 4.69) is 0 Å². The molecule has 7 nitrogen and oxygen atoms in total. The predicted molar refractivity (Wildman–Crippen MR) is 124 cm³/mol. The van der Waals surface area contributed by atoms with Crippen molar-refractivity contribution in [2.75, 3.05) is 19.9 Å². The lowest BCUT2D eigenvalue weighted by molar-refractivity contribution is -0.140. The second-order valence-electron chi connectivity index (χ2n) is 8.72. The number of carbonyl (C=O) groups is 2. The van der Waals surface area contributed by atoms with E-state index in [0.717, 1.165) is 29.2 Å². The Balaban J connectivity index is 1.53. The first-order valence-electron chi connectivity index (χ1n) is 11.4. The van der Waals surface area contributed by atoms with Gasteiger partial charge in [0.15, 0.2) is 11.5 Å². The van der Waals surface area contributed by atoms with Gasteiger partial charge in [-0.2, -0.15) is 0 Å². The summed E-state index contributed by atoms with van der Waals surface area (Å²) in [5, 5.41) is 13.3. The van der Waals surface area contributed by atoms with Gasteiger partial charge in [-0.3, -0.25) is 9.59 Å². The predicted octanol–water partition coefficient (Wildman–Crippen LogP) is 4.17. The van der Waals surface area contributed by atoms with Gasteiger partial charge in [0.25, 0.3) is 11.7 Å². The van der Waals surface area contributed by atoms with E-state index in [1.807, 2.05) is 42.5 Å². The molecule has 3 aliphatic heterocycles. The molecule has 0 aliphatic carbocycles. The molecule has 1 amide bonds. The number of aliphatic hydroxyl groups excluding tert-OH is 1. The first kappa shape index (κ1) is 20.7. The maximum absolute atomic E-state index is 13.4. The topological polar surface area (TPSA) is 85.3 Å². The number of likely N-dealkylation sites (tertiary alicyclic amines) is 1. The minimum atomic E-state index is -0.735. The lowest BCUT2D eigenvalue weighted by Gasteiger charge is -2.28. The van der Waals surface area contributed by atoms with Gasteiger partial charge in [-0.05, 0) is 47.4 Å². The molecule has 2 saturated heterocycles. The van der Waals surface area contributed by atoms with Crippen molar-refractivity contribution in [2.45, 2.75) is 25.0 Å². The smallest absolute Gasteiger partial charge is 0.295 e. The van der Waals surface area contributed by atoms with Crippen molar-refractivity contribution in [3.8, 4) is 11.5 Å². The minimum Gasteiger partial charge on any atom is -0.507 e. The van der Waals surface area contributed by atoms with Crippen molar-refractivity contribution in [3.63, 3.8) is 0 Å². The number of rotatable bonds is 4. The van der Waals surface area contributed by atoms with Crippen LogP contribution < -0.4 is 9.47 Å². The van der Waals surface area contributed by atoms with Crippen molar-refractivity contribution in [1.29, 1.82) is 0 Å². The standard InChI is InChI=1S/C27H23NO6/c29-25(17-10-11-21-22(13-17)34-15-33-21)23-24(20-9-3-6-16-5-1-2-8-19(16)20)28(27(31)26(23)30)14-18-7-4-12-32-18/h1-3,5-6,8-11,13,18,24,29H,4,7,12,14-15H2/b25-23-. The Hall–Kier alpha value is -3.84. The van der Waals surface area contributed by atoms with Crippen molar-refractivity contribution < 1.29 is 28.9 Å². The molecule has 0 aromatic heterocycles. The lowest BCUT2D eigenvalue weighted by Crippen LogP contribution is -2.36. The van der Waals surface area contributed by atoms with Crippen LogP contribution in [0.2, 0.25) is 0 Å². The highest BCUT2D eigenvalue weighted by molar-refractivity contribution is 6.46. The summed E-state index contributed by atoms with van der Waals surface area (Å²) in [4.78, 5) is 28.2. The molecule has 2 unspecified atom stereocenters. The normalized spacial score (nSPS) is 23.2. The molecule has 2 atom stereocenters. The molecule has 7 heteroatoms. The fourth-order valence-electron chi connectivity index (χ4n) is 5.09. The zero-order chi connectivity index (χ0) is 23.2. The number of nitrogens with zero attached hydrogens (tertiary/aromatic N) is 1. The number of aliphatic hydroxyl groups is 1. The molecular formula is C27H23NO6. The molecule has 3 aliphatic rings. The van der Waals surface area contributed by atoms with Crippen LogP contribution in [-0.4, -0.2) is 47.7 Å². The average Bonchev–Trinajstić information content (AvgIpc) is 3.60. The van der Waals surface area contributed by atoms with E-state index in [4.69, 9.17) is 14.2 Å². The third-order valence-corrected chi connectivity index (χ3v) is 6.73. The number of hydrogen-bond donors (Lipinski definition) is 1. The number of hydrogen-bond acceptors (Lipinski definition) is 6. The Labute approximate surface area is 196 Å². The van der Waals surface area contributed by atoms with E-state index in [0.29, 0.717) is 23.7 Å². The zero-order valence-electron chi connectivity index (χ0n) is 18.4. The van der Waals surface area contributed by atoms with Crippen LogP contribution in [0, 0.1) is 0 Å². The molecule has 3 heterocycles. The molecular weight excluding hydrogens is 434 g/mol. The van der Waals surface area contributed by atoms with Crippen molar-refractivity contribution in [3.05, 3.63) is 77.4 Å². The number of carbonyl (C=O) groups excluding carboxylic acids is 2. The summed E-state index contributed by atoms with van der Waals surface area (Å²) >= 11 is 0. The molecule has 0 saturated carbocycles. The van der Waals surface area contributed by atoms with Gasteiger partial charge >= 0.3 is 0 Å². The Morgan fingerprint density at radius 1 is 1.00 bits per heavy atom. The van der Waals surface area contributed by atoms with Crippen LogP contribution in [0.1, 0.15) is 30.0 Å². The van der Waals surface area contributed by atoms with Crippen LogP contribution in [0.3, 0.4) is 0 Å². The van der Waals surface area contributed by atoms with E-state index in [1.54, 1.807) is 23.1 Å². The maximum Gasteiger partial charge on any atom is 0.295 e. The lowest BCUT2D eigenvalue weighted by atomic mass is 9.91. The molecule has 0 bridgehead atoms. The number of fused-ring (bicyclic) bond motifs is 2. The molecule has 3 aromatic rings. The fraction of sp³-hybridized carbons (Fsp3) is 0.259. The summed E-state index contributed by atoms with van der Waals surface area (Å²) in [6.45, 7) is 1.03. The molecule has 172 valence electrons. The first-order chi connectivity index (χ1) is 16.6. The van der Waals surface area contributed by atoms with Crippen LogP contribution in [0.15, 0.2) is 66.2 Å². The number of Topliss-reactive ketones (excluding diaryl/α,β-unsaturated/α-hetero) is 1. The highest BCUT2D eigenvalue weighted by Gasteiger charge is 2.47. The number of amides is 1. The van der Waals surface area contributed by atoms with Gasteiger partial charge in [0.05, 0.1) is 17.7 Å². The van der Waals surface area contributed by atoms with Gasteiger partial charge in [0.2, 0.25) is 6.79 Å². The monoisotopic (exact) mass is 457 g/mol. The van der Waals surface area contributed by atoms with Gasteiger partial charge in [-0.25, -0.2) is 0 Å². The van der Waals surface area contributed by atoms with Crippen LogP contribution in [-0.2, 0) is 14.3 Å². The summed E-state index contributed by atoms with van der Waals surface area (Å²) < 4.78 is 16.6. The average molecular weight is 457 g/mol. The quantitative estimate of drug-likeness (QED) is 0.360. The third-order valence-electron chi connectivity index (χ3n) is 6.73. The summed E-state index contributed by atoms with van der Waals surface area (Å²) in [5.74, 6) is -0.508.